The predicted molar refractivity (Wildman–Crippen MR) is 136 cm³/mol. The lowest BCUT2D eigenvalue weighted by Gasteiger charge is -2.24. The first-order valence-electron chi connectivity index (χ1n) is 11.6. The zero-order valence-corrected chi connectivity index (χ0v) is 21.0. The number of anilines is 1. The summed E-state index contributed by atoms with van der Waals surface area (Å²) in [5, 5.41) is 7.72. The van der Waals surface area contributed by atoms with Gasteiger partial charge in [-0.2, -0.15) is 0 Å². The average Bonchev–Trinajstić information content (AvgIpc) is 3.51. The minimum Gasteiger partial charge on any atom is -0.454 e. The Labute approximate surface area is 213 Å². The molecule has 0 saturated carbocycles. The van der Waals surface area contributed by atoms with E-state index in [9.17, 15) is 14.4 Å². The number of nitrogens with one attached hydrogen (secondary N) is 2. The number of amides is 3. The maximum atomic E-state index is 12.9. The van der Waals surface area contributed by atoms with Gasteiger partial charge in [0.2, 0.25) is 18.6 Å². The van der Waals surface area contributed by atoms with Crippen molar-refractivity contribution in [3.8, 4) is 11.5 Å². The van der Waals surface area contributed by atoms with Crippen LogP contribution in [0.25, 0.3) is 0 Å². The fourth-order valence-corrected chi connectivity index (χ4v) is 4.41. The first kappa shape index (κ1) is 25.2. The van der Waals surface area contributed by atoms with E-state index in [1.165, 1.54) is 16.2 Å². The lowest BCUT2D eigenvalue weighted by molar-refractivity contribution is -0.120. The van der Waals surface area contributed by atoms with Crippen molar-refractivity contribution in [3.05, 3.63) is 70.7 Å². The molecule has 3 aromatic rings. The van der Waals surface area contributed by atoms with Crippen LogP contribution in [0.15, 0.2) is 53.9 Å². The molecule has 36 heavy (non-hydrogen) atoms. The van der Waals surface area contributed by atoms with Gasteiger partial charge in [0.15, 0.2) is 16.6 Å². The van der Waals surface area contributed by atoms with E-state index in [-0.39, 0.29) is 43.4 Å². The molecule has 0 saturated heterocycles. The number of carbonyl (C=O) groups is 3. The van der Waals surface area contributed by atoms with Crippen molar-refractivity contribution >= 4 is 34.2 Å². The molecule has 1 aromatic heterocycles. The third-order valence-corrected chi connectivity index (χ3v) is 6.10. The minimum atomic E-state index is -0.340. The molecule has 188 valence electrons. The van der Waals surface area contributed by atoms with E-state index in [4.69, 9.17) is 9.47 Å². The molecule has 0 fully saturated rings. The first-order chi connectivity index (χ1) is 17.4. The molecule has 9 nitrogen and oxygen atoms in total. The van der Waals surface area contributed by atoms with E-state index >= 15 is 0 Å². The molecule has 0 aliphatic carbocycles. The normalized spacial score (nSPS) is 11.9. The van der Waals surface area contributed by atoms with Gasteiger partial charge in [-0.25, -0.2) is 4.98 Å². The Bertz CT molecular complexity index is 1230. The highest BCUT2D eigenvalue weighted by Gasteiger charge is 2.21. The van der Waals surface area contributed by atoms with E-state index < -0.39 is 0 Å². The van der Waals surface area contributed by atoms with Crippen molar-refractivity contribution in [2.45, 2.75) is 26.8 Å². The van der Waals surface area contributed by atoms with E-state index in [1.807, 2.05) is 38.1 Å². The molecule has 1 aliphatic rings. The lowest BCUT2D eigenvalue weighted by atomic mass is 10.1. The van der Waals surface area contributed by atoms with E-state index in [1.54, 1.807) is 29.6 Å². The van der Waals surface area contributed by atoms with Crippen molar-refractivity contribution in [2.24, 2.45) is 5.92 Å². The van der Waals surface area contributed by atoms with Gasteiger partial charge in [0.25, 0.3) is 5.91 Å². The maximum absolute atomic E-state index is 12.9. The van der Waals surface area contributed by atoms with Crippen LogP contribution < -0.4 is 20.1 Å². The molecule has 0 radical (unpaired) electrons. The molecule has 2 aromatic carbocycles. The van der Waals surface area contributed by atoms with Crippen LogP contribution >= 0.6 is 11.3 Å². The molecule has 10 heteroatoms. The quantitative estimate of drug-likeness (QED) is 0.434. The fraction of sp³-hybridized carbons (Fsp3) is 0.308. The molecule has 0 unspecified atom stereocenters. The number of hydrogen-bond donors (Lipinski definition) is 2. The van der Waals surface area contributed by atoms with E-state index in [0.717, 1.165) is 5.56 Å². The van der Waals surface area contributed by atoms with E-state index in [0.29, 0.717) is 41.0 Å². The van der Waals surface area contributed by atoms with Gasteiger partial charge in [-0.05, 0) is 35.7 Å². The zero-order chi connectivity index (χ0) is 25.5. The van der Waals surface area contributed by atoms with Crippen LogP contribution in [-0.2, 0) is 22.6 Å². The zero-order valence-electron chi connectivity index (χ0n) is 20.2. The van der Waals surface area contributed by atoms with Crippen LogP contribution in [-0.4, -0.2) is 47.5 Å². The number of hydrogen-bond acceptors (Lipinski definition) is 7. The highest BCUT2D eigenvalue weighted by molar-refractivity contribution is 7.13. The topological polar surface area (TPSA) is 110 Å². The van der Waals surface area contributed by atoms with Crippen molar-refractivity contribution in [2.75, 3.05) is 25.2 Å². The second-order valence-electron chi connectivity index (χ2n) is 8.78. The van der Waals surface area contributed by atoms with Gasteiger partial charge in [0.05, 0.1) is 12.1 Å². The summed E-state index contributed by atoms with van der Waals surface area (Å²) in [6.07, 6.45) is 0.0862. The number of ether oxygens (including phenoxy) is 2. The summed E-state index contributed by atoms with van der Waals surface area (Å²) in [6.45, 7) is 4.91. The third kappa shape index (κ3) is 6.82. The third-order valence-electron chi connectivity index (χ3n) is 5.29. The highest BCUT2D eigenvalue weighted by atomic mass is 32.1. The molecular formula is C26H28N4O5S. The van der Waals surface area contributed by atoms with Gasteiger partial charge in [-0.1, -0.05) is 38.1 Å². The number of thiazole rings is 1. The Morgan fingerprint density at radius 1 is 1.06 bits per heavy atom. The fourth-order valence-electron chi connectivity index (χ4n) is 3.68. The smallest absolute Gasteiger partial charge is 0.254 e. The Balaban J connectivity index is 1.28. The van der Waals surface area contributed by atoms with Crippen LogP contribution in [0.3, 0.4) is 0 Å². The Hall–Kier alpha value is -3.92. The minimum absolute atomic E-state index is 0.0862. The van der Waals surface area contributed by atoms with Gasteiger partial charge in [-0.3, -0.25) is 14.4 Å². The molecule has 0 bridgehead atoms. The molecule has 4 rings (SSSR count). The molecule has 0 atom stereocenters. The standard InChI is InChI=1S/C26H28N4O5S/c1-17(2)13-30(25(33)19-6-4-3-5-7-19)14-24(32)29-26-28-20(15-36-26)11-23(31)27-12-18-8-9-21-22(10-18)35-16-34-21/h3-10,15,17H,11-14,16H2,1-2H3,(H,27,31)(H,28,29,32). The van der Waals surface area contributed by atoms with Crippen LogP contribution in [0.2, 0.25) is 0 Å². The highest BCUT2D eigenvalue weighted by Crippen LogP contribution is 2.32. The predicted octanol–water partition coefficient (Wildman–Crippen LogP) is 3.47. The van der Waals surface area contributed by atoms with Crippen molar-refractivity contribution in [1.82, 2.24) is 15.2 Å². The second-order valence-corrected chi connectivity index (χ2v) is 9.64. The SMILES string of the molecule is CC(C)CN(CC(=O)Nc1nc(CC(=O)NCc2ccc3c(c2)OCO3)cs1)C(=O)c1ccccc1. The van der Waals surface area contributed by atoms with Crippen LogP contribution in [0, 0.1) is 5.92 Å². The van der Waals surface area contributed by atoms with E-state index in [2.05, 4.69) is 15.6 Å². The summed E-state index contributed by atoms with van der Waals surface area (Å²) in [6, 6.07) is 14.4. The van der Waals surface area contributed by atoms with Gasteiger partial charge in [0, 0.05) is 24.0 Å². The summed E-state index contributed by atoms with van der Waals surface area (Å²) in [7, 11) is 0. The van der Waals surface area contributed by atoms with Gasteiger partial charge < -0.3 is 25.0 Å². The summed E-state index contributed by atoms with van der Waals surface area (Å²) in [5.74, 6) is 0.838. The molecule has 2 heterocycles. The number of nitrogens with zero attached hydrogens (tertiary/aromatic N) is 2. The summed E-state index contributed by atoms with van der Waals surface area (Å²) < 4.78 is 10.6. The average molecular weight is 509 g/mol. The lowest BCUT2D eigenvalue weighted by Crippen LogP contribution is -2.40. The Morgan fingerprint density at radius 3 is 2.61 bits per heavy atom. The van der Waals surface area contributed by atoms with Gasteiger partial charge >= 0.3 is 0 Å². The Morgan fingerprint density at radius 2 is 1.83 bits per heavy atom. The van der Waals surface area contributed by atoms with Crippen LogP contribution in [0.1, 0.15) is 35.5 Å². The number of carbonyl (C=O) groups excluding carboxylic acids is 3. The van der Waals surface area contributed by atoms with Crippen molar-refractivity contribution in [1.29, 1.82) is 0 Å². The van der Waals surface area contributed by atoms with Crippen LogP contribution in [0.5, 0.6) is 11.5 Å². The first-order valence-corrected chi connectivity index (χ1v) is 12.5. The number of fused-ring (bicyclic) bond motifs is 1. The molecule has 2 N–H and O–H groups in total. The number of aromatic nitrogens is 1. The van der Waals surface area contributed by atoms with Crippen LogP contribution in [0.4, 0.5) is 5.13 Å². The molecule has 1 aliphatic heterocycles. The molecular weight excluding hydrogens is 480 g/mol. The molecule has 3 amide bonds. The number of rotatable bonds is 10. The van der Waals surface area contributed by atoms with Crippen molar-refractivity contribution in [3.63, 3.8) is 0 Å². The van der Waals surface area contributed by atoms with Gasteiger partial charge in [-0.15, -0.1) is 11.3 Å². The second kappa shape index (κ2) is 11.7. The molecule has 0 spiro atoms. The summed E-state index contributed by atoms with van der Waals surface area (Å²) in [5.41, 5.74) is 1.99. The van der Waals surface area contributed by atoms with Gasteiger partial charge in [0.1, 0.15) is 6.54 Å². The summed E-state index contributed by atoms with van der Waals surface area (Å²) in [4.78, 5) is 43.8. The number of benzene rings is 2. The monoisotopic (exact) mass is 508 g/mol. The van der Waals surface area contributed by atoms with Crippen molar-refractivity contribution < 1.29 is 23.9 Å². The maximum Gasteiger partial charge on any atom is 0.254 e. The summed E-state index contributed by atoms with van der Waals surface area (Å²) >= 11 is 1.24. The largest absolute Gasteiger partial charge is 0.454 e. The Kier molecular flexibility index (Phi) is 8.17.